The average molecular weight is 622 g/mol. The van der Waals surface area contributed by atoms with Gasteiger partial charge in [0.1, 0.15) is 0 Å². The first-order valence-electron chi connectivity index (χ1n) is 15.3. The molecule has 214 valence electrons. The first-order valence-corrected chi connectivity index (χ1v) is 16.9. The number of aromatic nitrogens is 3. The molecule has 0 aliphatic rings. The van der Waals surface area contributed by atoms with Crippen molar-refractivity contribution in [3.8, 4) is 34.2 Å². The summed E-state index contributed by atoms with van der Waals surface area (Å²) in [5, 5.41) is 9.70. The Bertz CT molecular complexity index is 2640. The molecule has 0 fully saturated rings. The van der Waals surface area contributed by atoms with E-state index in [0.717, 1.165) is 16.7 Å². The molecule has 10 rings (SSSR count). The van der Waals surface area contributed by atoms with E-state index in [0.29, 0.717) is 17.5 Å². The molecule has 0 amide bonds. The van der Waals surface area contributed by atoms with Crippen LogP contribution in [0.15, 0.2) is 140 Å². The molecule has 0 aliphatic heterocycles. The summed E-state index contributed by atoms with van der Waals surface area (Å²) in [7, 11) is 0. The average Bonchev–Trinajstić information content (AvgIpc) is 3.71. The zero-order valence-corrected chi connectivity index (χ0v) is 26.1. The van der Waals surface area contributed by atoms with Crippen LogP contribution in [0.3, 0.4) is 0 Å². The van der Waals surface area contributed by atoms with Gasteiger partial charge in [-0.1, -0.05) is 115 Å². The topological polar surface area (TPSA) is 38.7 Å². The fourth-order valence-electron chi connectivity index (χ4n) is 6.81. The molecule has 3 aromatic heterocycles. The third kappa shape index (κ3) is 3.86. The van der Waals surface area contributed by atoms with Crippen LogP contribution in [0.25, 0.3) is 96.1 Å². The van der Waals surface area contributed by atoms with Gasteiger partial charge in [-0.25, -0.2) is 15.0 Å². The van der Waals surface area contributed by atoms with Crippen LogP contribution in [0.2, 0.25) is 0 Å². The Labute approximate surface area is 272 Å². The molecule has 3 nitrogen and oxygen atoms in total. The molecule has 7 aromatic carbocycles. The van der Waals surface area contributed by atoms with Crippen LogP contribution in [0, 0.1) is 0 Å². The van der Waals surface area contributed by atoms with E-state index >= 15 is 0 Å². The van der Waals surface area contributed by atoms with Gasteiger partial charge in [0.25, 0.3) is 0 Å². The standard InChI is InChI=1S/C41H23N3S2/c1-2-12-24(13-3-1)39-42-40(31-22-25-14-4-6-16-27(25)37-35(31)29-18-8-10-20-33(29)45-37)44-41(43-39)32-23-26-15-5-7-17-28(26)38-36(32)30-19-9-11-21-34(30)46-38/h1-23H. The predicted octanol–water partition coefficient (Wildman–Crippen LogP) is 11.9. The van der Waals surface area contributed by atoms with E-state index in [1.807, 2.05) is 40.9 Å². The molecule has 0 N–H and O–H groups in total. The molecular weight excluding hydrogens is 599 g/mol. The van der Waals surface area contributed by atoms with Crippen molar-refractivity contribution < 1.29 is 0 Å². The number of benzene rings is 7. The summed E-state index contributed by atoms with van der Waals surface area (Å²) in [6.07, 6.45) is 0. The van der Waals surface area contributed by atoms with Crippen molar-refractivity contribution in [1.82, 2.24) is 15.0 Å². The monoisotopic (exact) mass is 621 g/mol. The van der Waals surface area contributed by atoms with Crippen LogP contribution >= 0.6 is 22.7 Å². The Morgan fingerprint density at radius 3 is 1.30 bits per heavy atom. The highest BCUT2D eigenvalue weighted by Gasteiger charge is 2.21. The minimum atomic E-state index is 0.669. The highest BCUT2D eigenvalue weighted by Crippen LogP contribution is 2.46. The molecule has 0 bridgehead atoms. The van der Waals surface area contributed by atoms with Crippen molar-refractivity contribution >= 4 is 84.6 Å². The van der Waals surface area contributed by atoms with E-state index in [9.17, 15) is 0 Å². The molecule has 5 heteroatoms. The minimum absolute atomic E-state index is 0.669. The van der Waals surface area contributed by atoms with Crippen molar-refractivity contribution in [2.24, 2.45) is 0 Å². The molecule has 0 atom stereocenters. The second-order valence-corrected chi connectivity index (χ2v) is 13.7. The van der Waals surface area contributed by atoms with Crippen molar-refractivity contribution in [3.63, 3.8) is 0 Å². The van der Waals surface area contributed by atoms with Gasteiger partial charge < -0.3 is 0 Å². The Morgan fingerprint density at radius 1 is 0.370 bits per heavy atom. The van der Waals surface area contributed by atoms with Gasteiger partial charge in [0.2, 0.25) is 0 Å². The highest BCUT2D eigenvalue weighted by atomic mass is 32.1. The lowest BCUT2D eigenvalue weighted by Gasteiger charge is -2.12. The Balaban J connectivity index is 1.35. The molecule has 0 radical (unpaired) electrons. The number of nitrogens with zero attached hydrogens (tertiary/aromatic N) is 3. The summed E-state index contributed by atoms with van der Waals surface area (Å²) in [6, 6.07) is 49.4. The lowest BCUT2D eigenvalue weighted by Crippen LogP contribution is -2.01. The Morgan fingerprint density at radius 2 is 0.783 bits per heavy atom. The van der Waals surface area contributed by atoms with Crippen LogP contribution in [0.1, 0.15) is 0 Å². The summed E-state index contributed by atoms with van der Waals surface area (Å²) in [6.45, 7) is 0. The van der Waals surface area contributed by atoms with Gasteiger partial charge in [-0.3, -0.25) is 0 Å². The van der Waals surface area contributed by atoms with Gasteiger partial charge in [-0.05, 0) is 45.8 Å². The van der Waals surface area contributed by atoms with E-state index in [2.05, 4.69) is 121 Å². The van der Waals surface area contributed by atoms with Gasteiger partial charge in [0, 0.05) is 57.0 Å². The molecule has 3 heterocycles. The van der Waals surface area contributed by atoms with Crippen LogP contribution in [-0.2, 0) is 0 Å². The molecule has 46 heavy (non-hydrogen) atoms. The van der Waals surface area contributed by atoms with Gasteiger partial charge >= 0.3 is 0 Å². The van der Waals surface area contributed by atoms with E-state index in [1.54, 1.807) is 0 Å². The predicted molar refractivity (Wildman–Crippen MR) is 197 cm³/mol. The molecule has 0 saturated heterocycles. The Kier molecular flexibility index (Phi) is 5.61. The molecule has 10 aromatic rings. The summed E-state index contributed by atoms with van der Waals surface area (Å²) in [4.78, 5) is 15.8. The van der Waals surface area contributed by atoms with Crippen molar-refractivity contribution in [3.05, 3.63) is 140 Å². The van der Waals surface area contributed by atoms with E-state index < -0.39 is 0 Å². The largest absolute Gasteiger partial charge is 0.208 e. The van der Waals surface area contributed by atoms with Gasteiger partial charge in [0.05, 0.1) is 0 Å². The summed E-state index contributed by atoms with van der Waals surface area (Å²) < 4.78 is 5.03. The third-order valence-electron chi connectivity index (χ3n) is 8.89. The quantitative estimate of drug-likeness (QED) is 0.197. The van der Waals surface area contributed by atoms with E-state index in [1.165, 1.54) is 61.9 Å². The summed E-state index contributed by atoms with van der Waals surface area (Å²) >= 11 is 3.67. The summed E-state index contributed by atoms with van der Waals surface area (Å²) in [5.41, 5.74) is 3.02. The fourth-order valence-corrected chi connectivity index (χ4v) is 9.33. The summed E-state index contributed by atoms with van der Waals surface area (Å²) in [5.74, 6) is 2.04. The number of hydrogen-bond donors (Lipinski definition) is 0. The van der Waals surface area contributed by atoms with Gasteiger partial charge in [0.15, 0.2) is 17.5 Å². The number of rotatable bonds is 3. The first kappa shape index (κ1) is 25.8. The van der Waals surface area contributed by atoms with Crippen LogP contribution in [-0.4, -0.2) is 15.0 Å². The first-order chi connectivity index (χ1) is 22.8. The maximum atomic E-state index is 5.37. The zero-order valence-electron chi connectivity index (χ0n) is 24.4. The van der Waals surface area contributed by atoms with Crippen molar-refractivity contribution in [2.45, 2.75) is 0 Å². The second-order valence-electron chi connectivity index (χ2n) is 11.6. The minimum Gasteiger partial charge on any atom is -0.208 e. The molecule has 0 saturated carbocycles. The van der Waals surface area contributed by atoms with E-state index in [4.69, 9.17) is 15.0 Å². The van der Waals surface area contributed by atoms with E-state index in [-0.39, 0.29) is 0 Å². The number of fused-ring (bicyclic) bond motifs is 10. The second kappa shape index (κ2) is 10.0. The number of hydrogen-bond acceptors (Lipinski definition) is 5. The van der Waals surface area contributed by atoms with Crippen molar-refractivity contribution in [1.29, 1.82) is 0 Å². The molecule has 0 unspecified atom stereocenters. The molecule has 0 spiro atoms. The zero-order chi connectivity index (χ0) is 30.2. The Hall–Kier alpha value is -5.49. The molecule has 0 aliphatic carbocycles. The van der Waals surface area contributed by atoms with Crippen LogP contribution in [0.5, 0.6) is 0 Å². The highest BCUT2D eigenvalue weighted by molar-refractivity contribution is 7.27. The molecular formula is C41H23N3S2. The lowest BCUT2D eigenvalue weighted by atomic mass is 9.98. The third-order valence-corrected chi connectivity index (χ3v) is 11.3. The number of thiophene rings is 2. The fraction of sp³-hybridized carbons (Fsp3) is 0. The smallest absolute Gasteiger partial charge is 0.164 e. The SMILES string of the molecule is c1ccc(-c2nc(-c3cc4ccccc4c4sc5ccccc5c34)nc(-c3cc4ccccc4c4sc5ccccc5c34)n2)cc1. The lowest BCUT2D eigenvalue weighted by molar-refractivity contribution is 1.08. The van der Waals surface area contributed by atoms with Crippen LogP contribution < -0.4 is 0 Å². The van der Waals surface area contributed by atoms with Gasteiger partial charge in [-0.2, -0.15) is 0 Å². The maximum Gasteiger partial charge on any atom is 0.164 e. The maximum absolute atomic E-state index is 5.37. The van der Waals surface area contributed by atoms with Gasteiger partial charge in [-0.15, -0.1) is 22.7 Å². The van der Waals surface area contributed by atoms with Crippen molar-refractivity contribution in [2.75, 3.05) is 0 Å². The normalized spacial score (nSPS) is 11.9. The van der Waals surface area contributed by atoms with Crippen LogP contribution in [0.4, 0.5) is 0 Å².